The highest BCUT2D eigenvalue weighted by Crippen LogP contribution is 2.31. The molecule has 1 saturated carbocycles. The number of amides is 3. The number of hydrogen-bond acceptors (Lipinski definition) is 4. The minimum absolute atomic E-state index is 0.215. The van der Waals surface area contributed by atoms with Gasteiger partial charge in [0.2, 0.25) is 5.91 Å². The summed E-state index contributed by atoms with van der Waals surface area (Å²) >= 11 is 0. The van der Waals surface area contributed by atoms with Crippen molar-refractivity contribution >= 4 is 23.1 Å². The Hall–Kier alpha value is -2.41. The first-order valence-electron chi connectivity index (χ1n) is 12.4. The van der Waals surface area contributed by atoms with Gasteiger partial charge < -0.3 is 4.90 Å². The van der Waals surface area contributed by atoms with Crippen LogP contribution >= 0.6 is 0 Å². The topological polar surface area (TPSA) is 70.0 Å². The van der Waals surface area contributed by atoms with Gasteiger partial charge in [-0.05, 0) is 75.1 Å². The Bertz CT molecular complexity index is 980. The molecule has 2 saturated heterocycles. The number of likely N-dealkylation sites (tertiary alicyclic amines) is 1. The van der Waals surface area contributed by atoms with E-state index >= 15 is 0 Å². The van der Waals surface area contributed by atoms with Crippen molar-refractivity contribution in [3.63, 3.8) is 0 Å². The molecule has 1 aliphatic carbocycles. The zero-order valence-corrected chi connectivity index (χ0v) is 19.1. The van der Waals surface area contributed by atoms with Crippen LogP contribution in [0, 0.1) is 11.8 Å². The number of carbonyl (C=O) groups is 2. The molecule has 5 rings (SSSR count). The summed E-state index contributed by atoms with van der Waals surface area (Å²) < 4.78 is 1.82. The van der Waals surface area contributed by atoms with E-state index in [2.05, 4.69) is 34.4 Å². The summed E-state index contributed by atoms with van der Waals surface area (Å²) in [5.41, 5.74) is 2.99. The van der Waals surface area contributed by atoms with Crippen LogP contribution in [0.3, 0.4) is 0 Å². The minimum Gasteiger partial charge on any atom is -0.300 e. The third-order valence-corrected chi connectivity index (χ3v) is 7.77. The third kappa shape index (κ3) is 4.53. The van der Waals surface area contributed by atoms with Crippen LogP contribution < -0.4 is 10.2 Å². The smallest absolute Gasteiger partial charge is 0.300 e. The molecule has 3 aliphatic rings. The Kier molecular flexibility index (Phi) is 6.17. The summed E-state index contributed by atoms with van der Waals surface area (Å²) in [4.78, 5) is 28.2. The molecule has 7 heteroatoms. The van der Waals surface area contributed by atoms with Gasteiger partial charge in [-0.3, -0.25) is 15.0 Å². The first-order chi connectivity index (χ1) is 15.6. The SMILES string of the molecule is C[C@H]1C[C@H](Cc2ccn3ncc(N4CCC(=O)NC4=O)c3c2)CCN1CC1CCCCC1. The number of fused-ring (bicyclic) bond motifs is 1. The van der Waals surface area contributed by atoms with Crippen LogP contribution in [0.5, 0.6) is 0 Å². The van der Waals surface area contributed by atoms with E-state index in [1.165, 1.54) is 63.6 Å². The zero-order valence-electron chi connectivity index (χ0n) is 19.1. The van der Waals surface area contributed by atoms with Crippen LogP contribution in [0.15, 0.2) is 24.5 Å². The van der Waals surface area contributed by atoms with Gasteiger partial charge in [-0.2, -0.15) is 5.10 Å². The van der Waals surface area contributed by atoms with Crippen molar-refractivity contribution < 1.29 is 9.59 Å². The molecule has 2 aromatic heterocycles. The lowest BCUT2D eigenvalue weighted by Crippen LogP contribution is -2.49. The summed E-state index contributed by atoms with van der Waals surface area (Å²) in [5, 5.41) is 6.82. The van der Waals surface area contributed by atoms with Crippen molar-refractivity contribution in [3.8, 4) is 0 Å². The van der Waals surface area contributed by atoms with Gasteiger partial charge in [-0.15, -0.1) is 0 Å². The highest BCUT2D eigenvalue weighted by atomic mass is 16.2. The first kappa shape index (κ1) is 21.4. The number of nitrogens with one attached hydrogen (secondary N) is 1. The van der Waals surface area contributed by atoms with E-state index in [9.17, 15) is 9.59 Å². The second-order valence-electron chi connectivity index (χ2n) is 10.1. The van der Waals surface area contributed by atoms with Crippen molar-refractivity contribution in [1.29, 1.82) is 0 Å². The van der Waals surface area contributed by atoms with E-state index in [4.69, 9.17) is 0 Å². The number of pyridine rings is 1. The number of imide groups is 1. The number of aromatic nitrogens is 2. The maximum absolute atomic E-state index is 12.3. The molecule has 2 aromatic rings. The van der Waals surface area contributed by atoms with Crippen molar-refractivity contribution in [3.05, 3.63) is 30.1 Å². The fourth-order valence-corrected chi connectivity index (χ4v) is 5.95. The van der Waals surface area contributed by atoms with Gasteiger partial charge in [-0.25, -0.2) is 9.31 Å². The van der Waals surface area contributed by atoms with E-state index < -0.39 is 0 Å². The maximum atomic E-state index is 12.3. The predicted molar refractivity (Wildman–Crippen MR) is 125 cm³/mol. The maximum Gasteiger partial charge on any atom is 0.328 e. The molecule has 32 heavy (non-hydrogen) atoms. The van der Waals surface area contributed by atoms with E-state index in [-0.39, 0.29) is 11.9 Å². The van der Waals surface area contributed by atoms with Gasteiger partial charge in [0, 0.05) is 31.7 Å². The lowest BCUT2D eigenvalue weighted by molar-refractivity contribution is -0.120. The van der Waals surface area contributed by atoms with Gasteiger partial charge in [0.15, 0.2) is 0 Å². The molecule has 1 N–H and O–H groups in total. The highest BCUT2D eigenvalue weighted by molar-refractivity contribution is 6.07. The first-order valence-corrected chi connectivity index (χ1v) is 12.4. The number of rotatable bonds is 5. The molecule has 7 nitrogen and oxygen atoms in total. The van der Waals surface area contributed by atoms with Crippen molar-refractivity contribution in [1.82, 2.24) is 19.8 Å². The average molecular weight is 438 g/mol. The fourth-order valence-electron chi connectivity index (χ4n) is 5.95. The van der Waals surface area contributed by atoms with Crippen LogP contribution in [0.25, 0.3) is 5.52 Å². The van der Waals surface area contributed by atoms with Gasteiger partial charge in [0.25, 0.3) is 0 Å². The molecule has 0 radical (unpaired) electrons. The molecule has 0 spiro atoms. The van der Waals surface area contributed by atoms with Crippen molar-refractivity contribution in [2.45, 2.75) is 70.8 Å². The summed E-state index contributed by atoms with van der Waals surface area (Å²) in [6, 6.07) is 4.62. The van der Waals surface area contributed by atoms with E-state index in [0.717, 1.165) is 23.5 Å². The molecule has 0 bridgehead atoms. The monoisotopic (exact) mass is 437 g/mol. The quantitative estimate of drug-likeness (QED) is 0.768. The summed E-state index contributed by atoms with van der Waals surface area (Å²) in [6.45, 7) is 5.31. The lowest BCUT2D eigenvalue weighted by atomic mass is 9.84. The molecule has 0 unspecified atom stereocenters. The van der Waals surface area contributed by atoms with Gasteiger partial charge in [0.1, 0.15) is 0 Å². The number of anilines is 1. The highest BCUT2D eigenvalue weighted by Gasteiger charge is 2.29. The molecular formula is C25H35N5O2. The number of piperidine rings is 1. The minimum atomic E-state index is -0.360. The Morgan fingerprint density at radius 3 is 2.72 bits per heavy atom. The normalized spacial score (nSPS) is 26.0. The second kappa shape index (κ2) is 9.22. The molecule has 3 amide bonds. The van der Waals surface area contributed by atoms with Crippen molar-refractivity contribution in [2.24, 2.45) is 11.8 Å². The van der Waals surface area contributed by atoms with Crippen LogP contribution in [0.2, 0.25) is 0 Å². The molecule has 3 fully saturated rings. The number of carbonyl (C=O) groups excluding carboxylic acids is 2. The van der Waals surface area contributed by atoms with E-state index in [1.54, 1.807) is 11.1 Å². The molecule has 0 aromatic carbocycles. The predicted octanol–water partition coefficient (Wildman–Crippen LogP) is 4.00. The Balaban J connectivity index is 1.24. The number of hydrogen-bond donors (Lipinski definition) is 1. The van der Waals surface area contributed by atoms with Gasteiger partial charge in [0.05, 0.1) is 17.4 Å². The Labute approximate surface area is 190 Å². The summed E-state index contributed by atoms with van der Waals surface area (Å²) in [7, 11) is 0. The molecule has 4 heterocycles. The van der Waals surface area contributed by atoms with E-state index in [0.29, 0.717) is 24.9 Å². The van der Waals surface area contributed by atoms with Crippen LogP contribution in [-0.2, 0) is 11.2 Å². The standard InChI is InChI=1S/C25H35N5O2/c1-18-13-20(7-10-28(18)17-19-5-3-2-4-6-19)14-21-8-12-30-22(15-21)23(16-26-30)29-11-9-24(31)27-25(29)32/h8,12,15-16,18-20H,2-7,9-11,13-14,17H2,1H3,(H,27,31,32)/t18-,20+/m0/s1. The summed E-state index contributed by atoms with van der Waals surface area (Å²) in [6.07, 6.45) is 14.7. The Morgan fingerprint density at radius 1 is 1.09 bits per heavy atom. The molecule has 2 atom stereocenters. The molecule has 2 aliphatic heterocycles. The molecular weight excluding hydrogens is 402 g/mol. The average Bonchev–Trinajstić information content (AvgIpc) is 3.19. The fraction of sp³-hybridized carbons (Fsp3) is 0.640. The van der Waals surface area contributed by atoms with Crippen molar-refractivity contribution in [2.75, 3.05) is 24.5 Å². The second-order valence-corrected chi connectivity index (χ2v) is 10.1. The van der Waals surface area contributed by atoms with Gasteiger partial charge >= 0.3 is 6.03 Å². The zero-order chi connectivity index (χ0) is 22.1. The number of nitrogens with zero attached hydrogens (tertiary/aromatic N) is 4. The largest absolute Gasteiger partial charge is 0.328 e. The number of urea groups is 1. The van der Waals surface area contributed by atoms with Crippen LogP contribution in [0.4, 0.5) is 10.5 Å². The van der Waals surface area contributed by atoms with Gasteiger partial charge in [-0.1, -0.05) is 19.3 Å². The summed E-state index contributed by atoms with van der Waals surface area (Å²) in [5.74, 6) is 1.39. The van der Waals surface area contributed by atoms with E-state index in [1.807, 2.05) is 10.7 Å². The van der Waals surface area contributed by atoms with Crippen LogP contribution in [0.1, 0.15) is 63.9 Å². The Morgan fingerprint density at radius 2 is 1.94 bits per heavy atom. The lowest BCUT2D eigenvalue weighted by Gasteiger charge is -2.40. The van der Waals surface area contributed by atoms with Crippen LogP contribution in [-0.4, -0.2) is 52.1 Å². The third-order valence-electron chi connectivity index (χ3n) is 7.77. The molecule has 172 valence electrons.